The molecule has 5 nitrogen and oxygen atoms in total. The fourth-order valence-corrected chi connectivity index (χ4v) is 0.300. The Bertz CT molecular complexity index is 113. The predicted octanol–water partition coefficient (Wildman–Crippen LogP) is -1.60. The number of hydrogen-bond acceptors (Lipinski definition) is 5. The third kappa shape index (κ3) is 8.20. The maximum atomic E-state index is 9.31. The zero-order valence-electron chi connectivity index (χ0n) is 7.47. The van der Waals surface area contributed by atoms with Crippen molar-refractivity contribution in [3.8, 4) is 0 Å². The number of hydrogen-bond donors (Lipinski definition) is 5. The first-order valence-electron chi connectivity index (χ1n) is 3.61. The second-order valence-electron chi connectivity index (χ2n) is 2.65. The number of carbonyl (C=O) groups excluding carboxylic acids is 1. The van der Waals surface area contributed by atoms with Crippen molar-refractivity contribution in [2.24, 2.45) is 5.41 Å². The summed E-state index contributed by atoms with van der Waals surface area (Å²) in [4.78, 5) is 9.31. The van der Waals surface area contributed by atoms with E-state index in [0.29, 0.717) is 0 Å². The average Bonchev–Trinajstić information content (AvgIpc) is 2.09. The van der Waals surface area contributed by atoms with Crippen LogP contribution in [0.4, 0.5) is 0 Å². The molecular weight excluding hydrogens is 196 g/mol. The smallest absolute Gasteiger partial charge is 0.182 e. The summed E-state index contributed by atoms with van der Waals surface area (Å²) >= 11 is 3.33. The first kappa shape index (κ1) is 15.3. The van der Waals surface area contributed by atoms with Gasteiger partial charge in [-0.15, -0.1) is 12.6 Å². The highest BCUT2D eigenvalue weighted by Gasteiger charge is 2.26. The molecule has 0 aromatic carbocycles. The first-order valence-corrected chi connectivity index (χ1v) is 4.05. The quantitative estimate of drug-likeness (QED) is 0.362. The third-order valence-electron chi connectivity index (χ3n) is 1.34. The molecule has 0 aromatic rings. The van der Waals surface area contributed by atoms with Crippen LogP contribution in [0.5, 0.6) is 0 Å². The van der Waals surface area contributed by atoms with Crippen LogP contribution in [0.15, 0.2) is 0 Å². The van der Waals surface area contributed by atoms with Gasteiger partial charge in [-0.1, -0.05) is 0 Å². The minimum absolute atomic E-state index is 0.139. The minimum atomic E-state index is -1.11. The van der Waals surface area contributed by atoms with E-state index in [9.17, 15) is 4.79 Å². The lowest BCUT2D eigenvalue weighted by Crippen LogP contribution is -2.37. The number of rotatable bonds is 4. The molecule has 4 N–H and O–H groups in total. The van der Waals surface area contributed by atoms with Crippen LogP contribution >= 0.6 is 12.6 Å². The maximum Gasteiger partial charge on any atom is 0.182 e. The molecule has 0 bridgehead atoms. The van der Waals surface area contributed by atoms with Crippen LogP contribution in [-0.4, -0.2) is 52.0 Å². The average molecular weight is 212 g/mol. The summed E-state index contributed by atoms with van der Waals surface area (Å²) in [5, 5.41) is 33.8. The van der Waals surface area contributed by atoms with Crippen molar-refractivity contribution < 1.29 is 25.2 Å². The number of aliphatic hydroxyl groups is 4. The fourth-order valence-electron chi connectivity index (χ4n) is 0.300. The summed E-state index contributed by atoms with van der Waals surface area (Å²) in [6.45, 7) is -0.233. The van der Waals surface area contributed by atoms with Crippen molar-refractivity contribution >= 4 is 17.7 Å². The van der Waals surface area contributed by atoms with E-state index >= 15 is 0 Å². The van der Waals surface area contributed by atoms with Gasteiger partial charge in [-0.2, -0.15) is 0 Å². The maximum absolute atomic E-state index is 9.31. The number of thiol groups is 1. The standard InChI is InChI=1S/C5H12O4.C2H4OS/c6-1-5(2-7,3-8)4-9;1-2(3)4/h6-9H,1-4H2;1H3,(H,3,4). The van der Waals surface area contributed by atoms with Crippen LogP contribution in [0.2, 0.25) is 0 Å². The molecule has 6 heteroatoms. The molecular formula is C7H16O5S. The largest absolute Gasteiger partial charge is 0.396 e. The van der Waals surface area contributed by atoms with Crippen LogP contribution in [0.25, 0.3) is 0 Å². The van der Waals surface area contributed by atoms with Crippen molar-refractivity contribution in [3.63, 3.8) is 0 Å². The highest BCUT2D eigenvalue weighted by atomic mass is 32.1. The van der Waals surface area contributed by atoms with E-state index in [4.69, 9.17) is 20.4 Å². The Morgan fingerprint density at radius 2 is 1.23 bits per heavy atom. The Balaban J connectivity index is 0. The van der Waals surface area contributed by atoms with E-state index in [-0.39, 0.29) is 5.12 Å². The van der Waals surface area contributed by atoms with Gasteiger partial charge >= 0.3 is 0 Å². The van der Waals surface area contributed by atoms with Crippen LogP contribution in [-0.2, 0) is 4.79 Å². The molecule has 0 saturated heterocycles. The van der Waals surface area contributed by atoms with Gasteiger partial charge in [0.05, 0.1) is 31.8 Å². The van der Waals surface area contributed by atoms with Gasteiger partial charge in [-0.05, 0) is 0 Å². The molecule has 0 heterocycles. The molecule has 0 unspecified atom stereocenters. The zero-order chi connectivity index (χ0) is 10.9. The Morgan fingerprint density at radius 1 is 1.08 bits per heavy atom. The van der Waals surface area contributed by atoms with Crippen molar-refractivity contribution in [1.82, 2.24) is 0 Å². The lowest BCUT2D eigenvalue weighted by molar-refractivity contribution is -0.108. The molecule has 0 aliphatic heterocycles. The summed E-state index contributed by atoms with van der Waals surface area (Å²) in [5.74, 6) is 0. The summed E-state index contributed by atoms with van der Waals surface area (Å²) in [7, 11) is 0. The molecule has 0 rings (SSSR count). The normalized spacial score (nSPS) is 10.3. The predicted molar refractivity (Wildman–Crippen MR) is 50.4 cm³/mol. The van der Waals surface area contributed by atoms with Gasteiger partial charge in [0.15, 0.2) is 5.12 Å². The molecule has 0 aromatic heterocycles. The Labute approximate surface area is 82.4 Å². The van der Waals surface area contributed by atoms with Crippen molar-refractivity contribution in [2.45, 2.75) is 6.92 Å². The van der Waals surface area contributed by atoms with Gasteiger partial charge in [-0.25, -0.2) is 0 Å². The third-order valence-corrected chi connectivity index (χ3v) is 1.34. The second-order valence-corrected chi connectivity index (χ2v) is 3.28. The highest BCUT2D eigenvalue weighted by molar-refractivity contribution is 7.96. The van der Waals surface area contributed by atoms with Gasteiger partial charge in [0.25, 0.3) is 0 Å². The highest BCUT2D eigenvalue weighted by Crippen LogP contribution is 2.11. The second kappa shape index (κ2) is 8.46. The number of aliphatic hydroxyl groups excluding tert-OH is 4. The number of carbonyl (C=O) groups is 1. The van der Waals surface area contributed by atoms with E-state index < -0.39 is 31.8 Å². The van der Waals surface area contributed by atoms with Crippen molar-refractivity contribution in [3.05, 3.63) is 0 Å². The minimum Gasteiger partial charge on any atom is -0.396 e. The van der Waals surface area contributed by atoms with Gasteiger partial charge in [0, 0.05) is 6.92 Å². The molecule has 0 saturated carbocycles. The lowest BCUT2D eigenvalue weighted by Gasteiger charge is -2.23. The van der Waals surface area contributed by atoms with E-state index in [1.54, 1.807) is 0 Å². The molecule has 0 aliphatic carbocycles. The van der Waals surface area contributed by atoms with Crippen LogP contribution < -0.4 is 0 Å². The summed E-state index contributed by atoms with van der Waals surface area (Å²) < 4.78 is 0. The lowest BCUT2D eigenvalue weighted by atomic mass is 9.93. The SMILES string of the molecule is CC(=O)S.OCC(CO)(CO)CO. The van der Waals surface area contributed by atoms with Crippen LogP contribution in [0.3, 0.4) is 0 Å². The Hall–Kier alpha value is -0.140. The first-order chi connectivity index (χ1) is 5.97. The molecule has 0 fully saturated rings. The molecule has 0 amide bonds. The van der Waals surface area contributed by atoms with Gasteiger partial charge in [0.1, 0.15) is 0 Å². The summed E-state index contributed by atoms with van der Waals surface area (Å²) in [6, 6.07) is 0. The van der Waals surface area contributed by atoms with Crippen LogP contribution in [0, 0.1) is 5.41 Å². The van der Waals surface area contributed by atoms with E-state index in [2.05, 4.69) is 12.6 Å². The molecule has 0 spiro atoms. The van der Waals surface area contributed by atoms with Gasteiger partial charge in [0.2, 0.25) is 0 Å². The molecule has 0 aliphatic rings. The zero-order valence-corrected chi connectivity index (χ0v) is 8.37. The molecule has 0 radical (unpaired) electrons. The summed E-state index contributed by atoms with van der Waals surface area (Å²) in [6.07, 6.45) is 0. The van der Waals surface area contributed by atoms with Crippen LogP contribution in [0.1, 0.15) is 6.92 Å². The van der Waals surface area contributed by atoms with E-state index in [0.717, 1.165) is 0 Å². The molecule has 80 valence electrons. The van der Waals surface area contributed by atoms with E-state index in [1.165, 1.54) is 6.92 Å². The molecule has 13 heavy (non-hydrogen) atoms. The van der Waals surface area contributed by atoms with Gasteiger partial charge in [-0.3, -0.25) is 4.79 Å². The summed E-state index contributed by atoms with van der Waals surface area (Å²) in [5.41, 5.74) is -1.11. The van der Waals surface area contributed by atoms with Gasteiger partial charge < -0.3 is 20.4 Å². The topological polar surface area (TPSA) is 98.0 Å². The van der Waals surface area contributed by atoms with Crippen molar-refractivity contribution in [2.75, 3.05) is 26.4 Å². The monoisotopic (exact) mass is 212 g/mol. The fraction of sp³-hybridized carbons (Fsp3) is 0.857. The molecule has 0 atom stereocenters. The van der Waals surface area contributed by atoms with Crippen molar-refractivity contribution in [1.29, 1.82) is 0 Å². The Morgan fingerprint density at radius 3 is 1.23 bits per heavy atom. The Kier molecular flexibility index (Phi) is 9.98. The van der Waals surface area contributed by atoms with E-state index in [1.807, 2.05) is 0 Å².